The van der Waals surface area contributed by atoms with Crippen molar-refractivity contribution in [3.05, 3.63) is 11.2 Å². The molecule has 25 heavy (non-hydrogen) atoms. The minimum atomic E-state index is -1.81. The largest absolute Gasteiger partial charge is 0.488 e. The third-order valence-electron chi connectivity index (χ3n) is 5.89. The summed E-state index contributed by atoms with van der Waals surface area (Å²) in [4.78, 5) is 2.35. The van der Waals surface area contributed by atoms with E-state index in [-0.39, 0.29) is 11.1 Å². The fourth-order valence-corrected chi connectivity index (χ4v) is 4.98. The molecule has 5 nitrogen and oxygen atoms in total. The number of aromatic nitrogens is 2. The summed E-state index contributed by atoms with van der Waals surface area (Å²) in [6.07, 6.45) is 4.96. The number of ether oxygens (including phenoxy) is 1. The van der Waals surface area contributed by atoms with Gasteiger partial charge in [0, 0.05) is 6.07 Å². The van der Waals surface area contributed by atoms with E-state index in [2.05, 4.69) is 49.0 Å². The maximum Gasteiger partial charge on any atom is 0.194 e. The molecule has 0 aromatic carbocycles. The minimum Gasteiger partial charge on any atom is -0.488 e. The molecule has 2 aliphatic rings. The number of hydrogen-bond donors (Lipinski definition) is 0. The van der Waals surface area contributed by atoms with Crippen LogP contribution in [0.2, 0.25) is 23.3 Å². The van der Waals surface area contributed by atoms with E-state index in [1.54, 1.807) is 6.07 Å². The first-order chi connectivity index (χ1) is 11.7. The lowest BCUT2D eigenvalue weighted by atomic mass is 9.91. The highest BCUT2D eigenvalue weighted by molar-refractivity contribution is 6.74. The molecule has 2 atom stereocenters. The molecule has 1 unspecified atom stereocenters. The van der Waals surface area contributed by atoms with E-state index < -0.39 is 8.32 Å². The summed E-state index contributed by atoms with van der Waals surface area (Å²) in [5.74, 6) is 1.55. The first kappa shape index (κ1) is 18.9. The maximum absolute atomic E-state index is 6.83. The van der Waals surface area contributed by atoms with Crippen molar-refractivity contribution in [1.82, 2.24) is 10.2 Å². The van der Waals surface area contributed by atoms with Crippen LogP contribution in [0, 0.1) is 0 Å². The molecule has 7 heteroatoms. The topological polar surface area (TPSA) is 47.5 Å². The zero-order chi connectivity index (χ0) is 18.2. The van der Waals surface area contributed by atoms with Crippen LogP contribution >= 0.6 is 11.6 Å². The Balaban J connectivity index is 1.85. The second-order valence-corrected chi connectivity index (χ2v) is 13.8. The Labute approximate surface area is 157 Å². The molecule has 3 rings (SSSR count). The van der Waals surface area contributed by atoms with Crippen LogP contribution in [-0.2, 0) is 4.43 Å². The lowest BCUT2D eigenvalue weighted by Crippen LogP contribution is -2.54. The van der Waals surface area contributed by atoms with Crippen LogP contribution < -0.4 is 9.64 Å². The predicted molar refractivity (Wildman–Crippen MR) is 104 cm³/mol. The Morgan fingerprint density at radius 3 is 2.68 bits per heavy atom. The van der Waals surface area contributed by atoms with Gasteiger partial charge in [0.1, 0.15) is 6.61 Å². The highest BCUT2D eigenvalue weighted by Gasteiger charge is 2.43. The first-order valence-corrected chi connectivity index (χ1v) is 12.6. The summed E-state index contributed by atoms with van der Waals surface area (Å²) in [5, 5.41) is 8.95. The van der Waals surface area contributed by atoms with Crippen molar-refractivity contribution in [1.29, 1.82) is 0 Å². The summed E-state index contributed by atoms with van der Waals surface area (Å²) in [5.41, 5.74) is 0. The smallest absolute Gasteiger partial charge is 0.194 e. The minimum absolute atomic E-state index is 0.214. The Hall–Kier alpha value is -0.853. The molecule has 1 aromatic rings. The normalized spacial score (nSPS) is 24.6. The Morgan fingerprint density at radius 2 is 1.96 bits per heavy atom. The van der Waals surface area contributed by atoms with Crippen LogP contribution in [0.3, 0.4) is 0 Å². The Morgan fingerprint density at radius 1 is 1.24 bits per heavy atom. The standard InChI is InChI=1S/C18H30ClN3O2Si/c1-18(2,3)25(4,5)24-14-9-7-6-8-13(14)22-10-11-23-15-12-16(19)20-21-17(15)22/h12-14H,6-11H2,1-5H3/t13-,14?/m1/s1. The fraction of sp³-hybridized carbons (Fsp3) is 0.778. The van der Waals surface area contributed by atoms with E-state index in [0.29, 0.717) is 17.8 Å². The molecule has 0 N–H and O–H groups in total. The highest BCUT2D eigenvalue weighted by atomic mass is 35.5. The molecule has 0 bridgehead atoms. The Kier molecular flexibility index (Phi) is 5.33. The SMILES string of the molecule is CC(C)(C)[Si](C)(C)OC1CCCC[C@H]1N1CCOc2cc(Cl)nnc21. The molecular weight excluding hydrogens is 354 g/mol. The molecule has 0 radical (unpaired) electrons. The monoisotopic (exact) mass is 383 g/mol. The van der Waals surface area contributed by atoms with Crippen molar-refractivity contribution < 1.29 is 9.16 Å². The van der Waals surface area contributed by atoms with Crippen molar-refractivity contribution in [3.63, 3.8) is 0 Å². The van der Waals surface area contributed by atoms with Gasteiger partial charge in [0.2, 0.25) is 0 Å². The quantitative estimate of drug-likeness (QED) is 0.710. The molecular formula is C18H30ClN3O2Si. The summed E-state index contributed by atoms with van der Waals surface area (Å²) in [6, 6.07) is 2.10. The first-order valence-electron chi connectivity index (χ1n) is 9.29. The number of halogens is 1. The third kappa shape index (κ3) is 3.96. The van der Waals surface area contributed by atoms with Gasteiger partial charge in [0.05, 0.1) is 18.7 Å². The fourth-order valence-electron chi connectivity index (χ4n) is 3.46. The van der Waals surface area contributed by atoms with E-state index in [0.717, 1.165) is 31.0 Å². The summed E-state index contributed by atoms with van der Waals surface area (Å²) >= 11 is 5.98. The summed E-state index contributed by atoms with van der Waals surface area (Å²) in [6.45, 7) is 13.1. The van der Waals surface area contributed by atoms with Gasteiger partial charge in [-0.2, -0.15) is 0 Å². The van der Waals surface area contributed by atoms with Gasteiger partial charge in [-0.1, -0.05) is 45.2 Å². The lowest BCUT2D eigenvalue weighted by molar-refractivity contribution is 0.108. The number of hydrogen-bond acceptors (Lipinski definition) is 5. The summed E-state index contributed by atoms with van der Waals surface area (Å²) < 4.78 is 12.6. The average Bonchev–Trinajstić information content (AvgIpc) is 2.53. The van der Waals surface area contributed by atoms with Crippen molar-refractivity contribution >= 4 is 25.7 Å². The van der Waals surface area contributed by atoms with Crippen molar-refractivity contribution in [2.75, 3.05) is 18.1 Å². The molecule has 140 valence electrons. The van der Waals surface area contributed by atoms with E-state index in [4.69, 9.17) is 20.8 Å². The molecule has 1 fully saturated rings. The van der Waals surface area contributed by atoms with E-state index in [9.17, 15) is 0 Å². The van der Waals surface area contributed by atoms with Gasteiger partial charge in [-0.05, 0) is 31.0 Å². The van der Waals surface area contributed by atoms with Gasteiger partial charge >= 0.3 is 0 Å². The van der Waals surface area contributed by atoms with Crippen LogP contribution in [0.1, 0.15) is 46.5 Å². The number of anilines is 1. The highest BCUT2D eigenvalue weighted by Crippen LogP contribution is 2.41. The third-order valence-corrected chi connectivity index (χ3v) is 10.6. The molecule has 1 saturated carbocycles. The van der Waals surface area contributed by atoms with Crippen molar-refractivity contribution in [3.8, 4) is 5.75 Å². The van der Waals surface area contributed by atoms with Gasteiger partial charge < -0.3 is 14.1 Å². The van der Waals surface area contributed by atoms with Crippen LogP contribution in [0.5, 0.6) is 5.75 Å². The average molecular weight is 384 g/mol. The van der Waals surface area contributed by atoms with Crippen molar-refractivity contribution in [2.45, 2.75) is 76.7 Å². The van der Waals surface area contributed by atoms with Gasteiger partial charge in [0.15, 0.2) is 25.0 Å². The maximum atomic E-state index is 6.83. The molecule has 1 aromatic heterocycles. The molecule has 0 spiro atoms. The molecule has 0 saturated heterocycles. The van der Waals surface area contributed by atoms with E-state index in [1.807, 2.05) is 0 Å². The van der Waals surface area contributed by atoms with E-state index in [1.165, 1.54) is 12.8 Å². The van der Waals surface area contributed by atoms with Gasteiger partial charge in [0.25, 0.3) is 0 Å². The summed E-state index contributed by atoms with van der Waals surface area (Å²) in [7, 11) is -1.81. The predicted octanol–water partition coefficient (Wildman–Crippen LogP) is 4.66. The second kappa shape index (κ2) is 7.04. The van der Waals surface area contributed by atoms with Crippen LogP contribution in [0.4, 0.5) is 5.82 Å². The number of fused-ring (bicyclic) bond motifs is 1. The second-order valence-electron chi connectivity index (χ2n) is 8.67. The van der Waals surface area contributed by atoms with Crippen LogP contribution in [-0.4, -0.2) is 43.8 Å². The molecule has 1 aliphatic carbocycles. The molecule has 1 aliphatic heterocycles. The molecule has 0 amide bonds. The van der Waals surface area contributed by atoms with Gasteiger partial charge in [-0.3, -0.25) is 0 Å². The lowest BCUT2D eigenvalue weighted by Gasteiger charge is -2.47. The van der Waals surface area contributed by atoms with E-state index >= 15 is 0 Å². The van der Waals surface area contributed by atoms with Crippen molar-refractivity contribution in [2.24, 2.45) is 0 Å². The van der Waals surface area contributed by atoms with Gasteiger partial charge in [-0.25, -0.2) is 0 Å². The molecule has 2 heterocycles. The number of rotatable bonds is 3. The zero-order valence-electron chi connectivity index (χ0n) is 16.0. The van der Waals surface area contributed by atoms with Gasteiger partial charge in [-0.15, -0.1) is 10.2 Å². The zero-order valence-corrected chi connectivity index (χ0v) is 17.8. The van der Waals surface area contributed by atoms with Crippen LogP contribution in [0.25, 0.3) is 0 Å². The van der Waals surface area contributed by atoms with Crippen LogP contribution in [0.15, 0.2) is 6.07 Å². The number of nitrogens with zero attached hydrogens (tertiary/aromatic N) is 3. The Bertz CT molecular complexity index is 621.